The fourth-order valence-electron chi connectivity index (χ4n) is 2.22. The van der Waals surface area contributed by atoms with Crippen LogP contribution in [0.15, 0.2) is 0 Å². The number of carboxylic acids is 1. The van der Waals surface area contributed by atoms with Crippen LogP contribution in [0.1, 0.15) is 12.8 Å². The molecule has 0 aromatic carbocycles. The Morgan fingerprint density at radius 2 is 1.94 bits per heavy atom. The molecule has 0 aliphatic carbocycles. The Morgan fingerprint density at radius 1 is 1.38 bits per heavy atom. The van der Waals surface area contributed by atoms with Gasteiger partial charge in [0.05, 0.1) is 13.2 Å². The summed E-state index contributed by atoms with van der Waals surface area (Å²) in [6.45, 7) is 3.27. The van der Waals surface area contributed by atoms with Gasteiger partial charge in [-0.2, -0.15) is 0 Å². The number of carbonyl (C=O) groups is 1. The lowest BCUT2D eigenvalue weighted by molar-refractivity contribution is -0.185. The second-order valence-electron chi connectivity index (χ2n) is 4.35. The summed E-state index contributed by atoms with van der Waals surface area (Å²) in [5, 5.41) is 8.72. The van der Waals surface area contributed by atoms with Crippen molar-refractivity contribution in [3.8, 4) is 0 Å². The highest BCUT2D eigenvalue weighted by atomic mass is 16.7. The highest BCUT2D eigenvalue weighted by Crippen LogP contribution is 2.31. The average Bonchev–Trinajstić information content (AvgIpc) is 2.70. The summed E-state index contributed by atoms with van der Waals surface area (Å²) in [7, 11) is 0. The normalized spacial score (nSPS) is 27.1. The van der Waals surface area contributed by atoms with Crippen LogP contribution in [0.3, 0.4) is 0 Å². The van der Waals surface area contributed by atoms with Gasteiger partial charge in [0.2, 0.25) is 0 Å². The predicted octanol–water partition coefficient (Wildman–Crippen LogP) is -0.763. The van der Waals surface area contributed by atoms with E-state index in [4.69, 9.17) is 20.3 Å². The molecule has 2 saturated heterocycles. The van der Waals surface area contributed by atoms with E-state index in [9.17, 15) is 4.79 Å². The van der Waals surface area contributed by atoms with Crippen LogP contribution in [0.4, 0.5) is 0 Å². The van der Waals surface area contributed by atoms with Gasteiger partial charge in [0, 0.05) is 32.5 Å². The molecule has 2 heterocycles. The van der Waals surface area contributed by atoms with Gasteiger partial charge >= 0.3 is 5.97 Å². The molecule has 0 aromatic rings. The first kappa shape index (κ1) is 11.8. The molecule has 6 heteroatoms. The molecular weight excluding hydrogens is 212 g/mol. The molecule has 2 aliphatic heterocycles. The lowest BCUT2D eigenvalue weighted by Gasteiger charge is -2.37. The third-order valence-electron chi connectivity index (χ3n) is 3.20. The van der Waals surface area contributed by atoms with Gasteiger partial charge in [0.25, 0.3) is 0 Å². The molecule has 6 nitrogen and oxygen atoms in total. The zero-order chi connectivity index (χ0) is 11.6. The Hall–Kier alpha value is -0.690. The number of piperidine rings is 1. The van der Waals surface area contributed by atoms with E-state index in [1.54, 1.807) is 0 Å². The van der Waals surface area contributed by atoms with Gasteiger partial charge in [0.1, 0.15) is 6.04 Å². The van der Waals surface area contributed by atoms with Gasteiger partial charge in [-0.3, -0.25) is 4.79 Å². The van der Waals surface area contributed by atoms with Crippen molar-refractivity contribution < 1.29 is 19.4 Å². The van der Waals surface area contributed by atoms with Crippen LogP contribution in [-0.4, -0.2) is 60.7 Å². The molecule has 2 aliphatic rings. The van der Waals surface area contributed by atoms with Crippen LogP contribution in [0, 0.1) is 0 Å². The molecule has 1 atom stereocenters. The van der Waals surface area contributed by atoms with Crippen LogP contribution < -0.4 is 5.73 Å². The van der Waals surface area contributed by atoms with E-state index in [0.717, 1.165) is 25.9 Å². The number of nitrogens with two attached hydrogens (primary N) is 1. The summed E-state index contributed by atoms with van der Waals surface area (Å²) in [5.74, 6) is -1.35. The van der Waals surface area contributed by atoms with Crippen LogP contribution in [-0.2, 0) is 14.3 Å². The maximum Gasteiger partial charge on any atom is 0.321 e. The van der Waals surface area contributed by atoms with Crippen molar-refractivity contribution in [1.82, 2.24) is 4.90 Å². The summed E-state index contributed by atoms with van der Waals surface area (Å²) >= 11 is 0. The van der Waals surface area contributed by atoms with Gasteiger partial charge in [-0.25, -0.2) is 0 Å². The maximum atomic E-state index is 10.6. The van der Waals surface area contributed by atoms with E-state index in [1.807, 2.05) is 0 Å². The standard InChI is InChI=1S/C10H18N2O4/c11-8(9(13)14)7-12-3-1-10(2-4-12)15-5-6-16-10/h8H,1-7,11H2,(H,13,14). The first-order chi connectivity index (χ1) is 7.61. The predicted molar refractivity (Wildman–Crippen MR) is 55.9 cm³/mol. The third-order valence-corrected chi connectivity index (χ3v) is 3.20. The molecule has 1 spiro atoms. The number of nitrogens with zero attached hydrogens (tertiary/aromatic N) is 1. The second kappa shape index (κ2) is 4.67. The summed E-state index contributed by atoms with van der Waals surface area (Å²) in [6, 6.07) is -0.806. The summed E-state index contributed by atoms with van der Waals surface area (Å²) in [5.41, 5.74) is 5.49. The highest BCUT2D eigenvalue weighted by Gasteiger charge is 2.40. The number of ether oxygens (including phenoxy) is 2. The van der Waals surface area contributed by atoms with E-state index in [0.29, 0.717) is 19.8 Å². The summed E-state index contributed by atoms with van der Waals surface area (Å²) < 4.78 is 11.2. The molecule has 1 unspecified atom stereocenters. The molecule has 92 valence electrons. The third kappa shape index (κ3) is 2.52. The first-order valence-electron chi connectivity index (χ1n) is 5.60. The van der Waals surface area contributed by atoms with Crippen molar-refractivity contribution in [1.29, 1.82) is 0 Å². The van der Waals surface area contributed by atoms with Gasteiger partial charge in [-0.05, 0) is 0 Å². The minimum atomic E-state index is -0.950. The fourth-order valence-corrected chi connectivity index (χ4v) is 2.22. The van der Waals surface area contributed by atoms with E-state index in [-0.39, 0.29) is 0 Å². The lowest BCUT2D eigenvalue weighted by Crippen LogP contribution is -2.50. The molecule has 3 N–H and O–H groups in total. The second-order valence-corrected chi connectivity index (χ2v) is 4.35. The zero-order valence-electron chi connectivity index (χ0n) is 9.22. The topological polar surface area (TPSA) is 85.0 Å². The molecular formula is C10H18N2O4. The monoisotopic (exact) mass is 230 g/mol. The molecule has 0 radical (unpaired) electrons. The number of hydrogen-bond donors (Lipinski definition) is 2. The van der Waals surface area contributed by atoms with Gasteiger partial charge < -0.3 is 25.2 Å². The smallest absolute Gasteiger partial charge is 0.321 e. The fraction of sp³-hybridized carbons (Fsp3) is 0.900. The number of likely N-dealkylation sites (tertiary alicyclic amines) is 1. The SMILES string of the molecule is NC(CN1CCC2(CC1)OCCO2)C(=O)O. The van der Waals surface area contributed by atoms with E-state index in [1.165, 1.54) is 0 Å². The van der Waals surface area contributed by atoms with E-state index >= 15 is 0 Å². The van der Waals surface area contributed by atoms with E-state index in [2.05, 4.69) is 4.90 Å². The Kier molecular flexibility index (Phi) is 3.44. The Morgan fingerprint density at radius 3 is 2.44 bits per heavy atom. The van der Waals surface area contributed by atoms with Gasteiger partial charge in [0.15, 0.2) is 5.79 Å². The first-order valence-corrected chi connectivity index (χ1v) is 5.60. The summed E-state index contributed by atoms with van der Waals surface area (Å²) in [6.07, 6.45) is 1.58. The van der Waals surface area contributed by atoms with Crippen LogP contribution in [0.5, 0.6) is 0 Å². The largest absolute Gasteiger partial charge is 0.480 e. The van der Waals surface area contributed by atoms with Gasteiger partial charge in [-0.15, -0.1) is 0 Å². The number of rotatable bonds is 3. The van der Waals surface area contributed by atoms with Crippen molar-refractivity contribution in [2.75, 3.05) is 32.8 Å². The Bertz CT molecular complexity index is 256. The van der Waals surface area contributed by atoms with E-state index < -0.39 is 17.8 Å². The maximum absolute atomic E-state index is 10.6. The Labute approximate surface area is 94.3 Å². The van der Waals surface area contributed by atoms with Crippen molar-refractivity contribution in [2.24, 2.45) is 5.73 Å². The Balaban J connectivity index is 1.78. The van der Waals surface area contributed by atoms with Crippen LogP contribution in [0.25, 0.3) is 0 Å². The molecule has 2 fully saturated rings. The molecule has 16 heavy (non-hydrogen) atoms. The van der Waals surface area contributed by atoms with Crippen LogP contribution >= 0.6 is 0 Å². The number of carboxylic acid groups (broad SMARTS) is 1. The van der Waals surface area contributed by atoms with Crippen molar-refractivity contribution in [3.63, 3.8) is 0 Å². The molecule has 0 amide bonds. The van der Waals surface area contributed by atoms with Crippen molar-refractivity contribution in [3.05, 3.63) is 0 Å². The van der Waals surface area contributed by atoms with Crippen molar-refractivity contribution in [2.45, 2.75) is 24.7 Å². The van der Waals surface area contributed by atoms with Crippen LogP contribution in [0.2, 0.25) is 0 Å². The minimum Gasteiger partial charge on any atom is -0.480 e. The number of aliphatic carboxylic acids is 1. The molecule has 2 rings (SSSR count). The zero-order valence-corrected chi connectivity index (χ0v) is 9.22. The highest BCUT2D eigenvalue weighted by molar-refractivity contribution is 5.73. The quantitative estimate of drug-likeness (QED) is 0.662. The number of hydrogen-bond acceptors (Lipinski definition) is 5. The molecule has 0 bridgehead atoms. The molecule has 0 aromatic heterocycles. The summed E-state index contributed by atoms with van der Waals surface area (Å²) in [4.78, 5) is 12.7. The molecule has 0 saturated carbocycles. The average molecular weight is 230 g/mol. The lowest BCUT2D eigenvalue weighted by atomic mass is 10.0. The minimum absolute atomic E-state index is 0.394. The van der Waals surface area contributed by atoms with Gasteiger partial charge in [-0.1, -0.05) is 0 Å². The van der Waals surface area contributed by atoms with Crippen molar-refractivity contribution >= 4 is 5.97 Å².